The molecule has 18 heavy (non-hydrogen) atoms. The maximum atomic E-state index is 13.5. The average molecular weight is 267 g/mol. The Labute approximate surface area is 111 Å². The molecule has 0 amide bonds. The molecule has 0 radical (unpaired) electrons. The van der Waals surface area contributed by atoms with Crippen LogP contribution in [0.4, 0.5) is 4.39 Å². The molecule has 0 saturated heterocycles. The third-order valence-corrected chi connectivity index (χ3v) is 4.16. The zero-order valence-corrected chi connectivity index (χ0v) is 11.3. The SMILES string of the molecule is Cc1cc2c(cc1F)nc(CCl)n2CC1CC1C. The molecule has 1 saturated carbocycles. The standard InChI is InChI=1S/C14H16ClFN2/c1-8-3-10(8)7-18-13-4-9(2)11(16)5-12(13)17-14(18)6-15/h4-5,8,10H,3,6-7H2,1-2H3. The average Bonchev–Trinajstić information content (AvgIpc) is 2.93. The van der Waals surface area contributed by atoms with Gasteiger partial charge in [-0.1, -0.05) is 6.92 Å². The predicted octanol–water partition coefficient (Wildman–Crippen LogP) is 3.88. The van der Waals surface area contributed by atoms with Gasteiger partial charge in [0.1, 0.15) is 11.6 Å². The lowest BCUT2D eigenvalue weighted by atomic mass is 10.2. The van der Waals surface area contributed by atoms with Crippen molar-refractivity contribution in [2.75, 3.05) is 0 Å². The number of aromatic nitrogens is 2. The topological polar surface area (TPSA) is 17.8 Å². The number of alkyl halides is 1. The Kier molecular flexibility index (Phi) is 2.81. The molecule has 4 heteroatoms. The van der Waals surface area contributed by atoms with Gasteiger partial charge in [-0.15, -0.1) is 11.6 Å². The zero-order valence-electron chi connectivity index (χ0n) is 10.6. The van der Waals surface area contributed by atoms with E-state index in [9.17, 15) is 4.39 Å². The fourth-order valence-electron chi connectivity index (χ4n) is 2.49. The highest BCUT2D eigenvalue weighted by atomic mass is 35.5. The van der Waals surface area contributed by atoms with Crippen molar-refractivity contribution in [1.29, 1.82) is 0 Å². The van der Waals surface area contributed by atoms with Gasteiger partial charge in [-0.3, -0.25) is 0 Å². The van der Waals surface area contributed by atoms with Gasteiger partial charge >= 0.3 is 0 Å². The fourth-order valence-corrected chi connectivity index (χ4v) is 2.70. The van der Waals surface area contributed by atoms with Crippen LogP contribution in [-0.4, -0.2) is 9.55 Å². The van der Waals surface area contributed by atoms with Crippen LogP contribution in [0.3, 0.4) is 0 Å². The molecule has 1 aliphatic rings. The van der Waals surface area contributed by atoms with Crippen LogP contribution < -0.4 is 0 Å². The second-order valence-corrected chi connectivity index (χ2v) is 5.60. The molecule has 0 aliphatic heterocycles. The first kappa shape index (κ1) is 12.0. The molecular formula is C14H16ClFN2. The van der Waals surface area contributed by atoms with Crippen LogP contribution >= 0.6 is 11.6 Å². The highest BCUT2D eigenvalue weighted by Gasteiger charge is 2.33. The van der Waals surface area contributed by atoms with Gasteiger partial charge in [0.15, 0.2) is 0 Å². The van der Waals surface area contributed by atoms with E-state index in [4.69, 9.17) is 11.6 Å². The monoisotopic (exact) mass is 266 g/mol. The Morgan fingerprint density at radius 3 is 2.83 bits per heavy atom. The molecule has 1 aromatic carbocycles. The quantitative estimate of drug-likeness (QED) is 0.771. The van der Waals surface area contributed by atoms with Crippen LogP contribution in [0.25, 0.3) is 11.0 Å². The van der Waals surface area contributed by atoms with Gasteiger partial charge in [0.25, 0.3) is 0 Å². The maximum Gasteiger partial charge on any atom is 0.128 e. The number of fused-ring (bicyclic) bond motifs is 1. The van der Waals surface area contributed by atoms with Gasteiger partial charge in [-0.25, -0.2) is 9.37 Å². The zero-order chi connectivity index (χ0) is 12.9. The summed E-state index contributed by atoms with van der Waals surface area (Å²) in [6.45, 7) is 4.99. The smallest absolute Gasteiger partial charge is 0.128 e. The first-order valence-electron chi connectivity index (χ1n) is 6.31. The van der Waals surface area contributed by atoms with Crippen molar-refractivity contribution in [3.05, 3.63) is 29.3 Å². The number of hydrogen-bond acceptors (Lipinski definition) is 1. The van der Waals surface area contributed by atoms with E-state index in [-0.39, 0.29) is 5.82 Å². The summed E-state index contributed by atoms with van der Waals surface area (Å²) in [6, 6.07) is 3.38. The van der Waals surface area contributed by atoms with E-state index >= 15 is 0 Å². The molecule has 1 heterocycles. The number of nitrogens with zero attached hydrogens (tertiary/aromatic N) is 2. The van der Waals surface area contributed by atoms with Gasteiger partial charge in [0.05, 0.1) is 16.9 Å². The van der Waals surface area contributed by atoms with Crippen LogP contribution in [0.2, 0.25) is 0 Å². The minimum atomic E-state index is -0.201. The number of rotatable bonds is 3. The Bertz CT molecular complexity index is 605. The summed E-state index contributed by atoms with van der Waals surface area (Å²) >= 11 is 5.95. The molecule has 0 bridgehead atoms. The van der Waals surface area contributed by atoms with E-state index in [0.29, 0.717) is 17.0 Å². The summed E-state index contributed by atoms with van der Waals surface area (Å²) < 4.78 is 15.7. The molecule has 2 aromatic rings. The number of benzene rings is 1. The van der Waals surface area contributed by atoms with Crippen LogP contribution in [0, 0.1) is 24.6 Å². The molecule has 2 atom stereocenters. The fraction of sp³-hybridized carbons (Fsp3) is 0.500. The maximum absolute atomic E-state index is 13.5. The third kappa shape index (κ3) is 1.91. The number of aryl methyl sites for hydroxylation is 1. The predicted molar refractivity (Wildman–Crippen MR) is 71.3 cm³/mol. The Balaban J connectivity index is 2.11. The first-order chi connectivity index (χ1) is 8.60. The molecule has 1 fully saturated rings. The van der Waals surface area contributed by atoms with Crippen LogP contribution in [0.5, 0.6) is 0 Å². The minimum Gasteiger partial charge on any atom is -0.327 e. The lowest BCUT2D eigenvalue weighted by Crippen LogP contribution is -2.05. The van der Waals surface area contributed by atoms with Crippen LogP contribution in [0.1, 0.15) is 24.7 Å². The van der Waals surface area contributed by atoms with Crippen molar-refractivity contribution < 1.29 is 4.39 Å². The molecule has 3 rings (SSSR count). The van der Waals surface area contributed by atoms with Gasteiger partial charge in [-0.2, -0.15) is 0 Å². The van der Waals surface area contributed by atoms with Crippen molar-refractivity contribution in [2.45, 2.75) is 32.7 Å². The minimum absolute atomic E-state index is 0.201. The first-order valence-corrected chi connectivity index (χ1v) is 6.85. The third-order valence-electron chi connectivity index (χ3n) is 3.92. The van der Waals surface area contributed by atoms with Crippen LogP contribution in [-0.2, 0) is 12.4 Å². The highest BCUT2D eigenvalue weighted by Crippen LogP contribution is 2.40. The number of imidazole rings is 1. The highest BCUT2D eigenvalue weighted by molar-refractivity contribution is 6.16. The summed E-state index contributed by atoms with van der Waals surface area (Å²) in [5, 5.41) is 0. The van der Waals surface area contributed by atoms with E-state index in [1.54, 1.807) is 6.92 Å². The molecule has 0 spiro atoms. The van der Waals surface area contributed by atoms with Crippen molar-refractivity contribution >= 4 is 22.6 Å². The molecule has 0 N–H and O–H groups in total. The summed E-state index contributed by atoms with van der Waals surface area (Å²) in [4.78, 5) is 4.43. The largest absolute Gasteiger partial charge is 0.327 e. The van der Waals surface area contributed by atoms with E-state index in [2.05, 4.69) is 16.5 Å². The van der Waals surface area contributed by atoms with Crippen molar-refractivity contribution in [2.24, 2.45) is 11.8 Å². The molecule has 2 unspecified atom stereocenters. The lowest BCUT2D eigenvalue weighted by molar-refractivity contribution is 0.590. The summed E-state index contributed by atoms with van der Waals surface area (Å²) in [5.41, 5.74) is 2.37. The van der Waals surface area contributed by atoms with E-state index in [1.807, 2.05) is 6.07 Å². The number of hydrogen-bond donors (Lipinski definition) is 0. The molecule has 96 valence electrons. The lowest BCUT2D eigenvalue weighted by Gasteiger charge is -2.07. The Morgan fingerprint density at radius 2 is 2.22 bits per heavy atom. The summed E-state index contributed by atoms with van der Waals surface area (Å²) in [5.74, 6) is 2.52. The van der Waals surface area contributed by atoms with E-state index < -0.39 is 0 Å². The van der Waals surface area contributed by atoms with E-state index in [0.717, 1.165) is 29.7 Å². The van der Waals surface area contributed by atoms with Crippen molar-refractivity contribution in [3.8, 4) is 0 Å². The summed E-state index contributed by atoms with van der Waals surface area (Å²) in [7, 11) is 0. The summed E-state index contributed by atoms with van der Waals surface area (Å²) in [6.07, 6.45) is 1.27. The Hall–Kier alpha value is -1.09. The molecule has 1 aromatic heterocycles. The van der Waals surface area contributed by atoms with Gasteiger partial charge in [0.2, 0.25) is 0 Å². The normalized spacial score (nSPS) is 22.7. The molecule has 1 aliphatic carbocycles. The van der Waals surface area contributed by atoms with Gasteiger partial charge in [-0.05, 0) is 36.8 Å². The van der Waals surface area contributed by atoms with Crippen molar-refractivity contribution in [1.82, 2.24) is 9.55 Å². The molecular weight excluding hydrogens is 251 g/mol. The number of halogens is 2. The second-order valence-electron chi connectivity index (χ2n) is 5.34. The van der Waals surface area contributed by atoms with E-state index in [1.165, 1.54) is 12.5 Å². The van der Waals surface area contributed by atoms with Crippen molar-refractivity contribution in [3.63, 3.8) is 0 Å². The second kappa shape index (κ2) is 4.23. The van der Waals surface area contributed by atoms with Crippen LogP contribution in [0.15, 0.2) is 12.1 Å². The Morgan fingerprint density at radius 1 is 1.50 bits per heavy atom. The molecule has 2 nitrogen and oxygen atoms in total. The van der Waals surface area contributed by atoms with Gasteiger partial charge in [0, 0.05) is 12.6 Å². The van der Waals surface area contributed by atoms with Gasteiger partial charge < -0.3 is 4.57 Å².